The third-order valence-corrected chi connectivity index (χ3v) is 3.01. The number of halogens is 1. The van der Waals surface area contributed by atoms with Crippen LogP contribution in [0.5, 0.6) is 0 Å². The van der Waals surface area contributed by atoms with Gasteiger partial charge in [-0.2, -0.15) is 0 Å². The standard InChI is InChI=1S/C12H16ClN3O/c1-9-10(2)16(8-15-9)6-5-14-7-11-3-4-12(13)17-11/h3-4,8,14H,5-7H2,1-2H3. The second-order valence-electron chi connectivity index (χ2n) is 3.99. The lowest BCUT2D eigenvalue weighted by Crippen LogP contribution is -2.19. The first kappa shape index (κ1) is 12.2. The summed E-state index contributed by atoms with van der Waals surface area (Å²) in [6, 6.07) is 3.63. The van der Waals surface area contributed by atoms with Gasteiger partial charge in [0, 0.05) is 18.8 Å². The molecule has 0 unspecified atom stereocenters. The van der Waals surface area contributed by atoms with Crippen molar-refractivity contribution in [3.8, 4) is 0 Å². The minimum Gasteiger partial charge on any atom is -0.448 e. The Hall–Kier alpha value is -1.26. The van der Waals surface area contributed by atoms with E-state index in [1.807, 2.05) is 19.3 Å². The number of rotatable bonds is 5. The lowest BCUT2D eigenvalue weighted by Gasteiger charge is -2.06. The molecule has 2 heterocycles. The lowest BCUT2D eigenvalue weighted by atomic mass is 10.4. The molecule has 1 N–H and O–H groups in total. The topological polar surface area (TPSA) is 43.0 Å². The Morgan fingerprint density at radius 1 is 1.41 bits per heavy atom. The Morgan fingerprint density at radius 3 is 2.82 bits per heavy atom. The molecule has 0 aromatic carbocycles. The Labute approximate surface area is 106 Å². The van der Waals surface area contributed by atoms with Crippen LogP contribution >= 0.6 is 11.6 Å². The van der Waals surface area contributed by atoms with Crippen molar-refractivity contribution in [2.45, 2.75) is 26.9 Å². The molecule has 0 amide bonds. The molecule has 2 aromatic heterocycles. The molecule has 0 aliphatic rings. The van der Waals surface area contributed by atoms with Gasteiger partial charge in [-0.3, -0.25) is 0 Å². The van der Waals surface area contributed by atoms with Gasteiger partial charge in [-0.1, -0.05) is 0 Å². The highest BCUT2D eigenvalue weighted by Crippen LogP contribution is 2.12. The molecule has 0 aliphatic carbocycles. The predicted molar refractivity (Wildman–Crippen MR) is 67.1 cm³/mol. The Kier molecular flexibility index (Phi) is 3.86. The molecule has 0 bridgehead atoms. The second-order valence-corrected chi connectivity index (χ2v) is 4.36. The number of nitrogens with zero attached hydrogens (tertiary/aromatic N) is 2. The largest absolute Gasteiger partial charge is 0.448 e. The van der Waals surface area contributed by atoms with Gasteiger partial charge in [0.25, 0.3) is 0 Å². The molecule has 0 radical (unpaired) electrons. The third kappa shape index (κ3) is 3.11. The first-order valence-corrected chi connectivity index (χ1v) is 5.98. The first-order chi connectivity index (χ1) is 8.16. The average Bonchev–Trinajstić information content (AvgIpc) is 2.84. The molecular weight excluding hydrogens is 238 g/mol. The van der Waals surface area contributed by atoms with E-state index in [9.17, 15) is 0 Å². The first-order valence-electron chi connectivity index (χ1n) is 5.60. The molecule has 4 nitrogen and oxygen atoms in total. The zero-order valence-corrected chi connectivity index (χ0v) is 10.8. The monoisotopic (exact) mass is 253 g/mol. The van der Waals surface area contributed by atoms with Crippen LogP contribution in [0.3, 0.4) is 0 Å². The summed E-state index contributed by atoms with van der Waals surface area (Å²) in [6.07, 6.45) is 1.87. The van der Waals surface area contributed by atoms with Crippen molar-refractivity contribution in [2.24, 2.45) is 0 Å². The maximum absolute atomic E-state index is 5.69. The van der Waals surface area contributed by atoms with E-state index in [1.54, 1.807) is 6.07 Å². The Morgan fingerprint density at radius 2 is 2.24 bits per heavy atom. The molecule has 0 atom stereocenters. The van der Waals surface area contributed by atoms with Crippen molar-refractivity contribution in [1.29, 1.82) is 0 Å². The molecule has 92 valence electrons. The number of aryl methyl sites for hydroxylation is 1. The predicted octanol–water partition coefficient (Wildman–Crippen LogP) is 2.54. The van der Waals surface area contributed by atoms with Crippen LogP contribution in [-0.4, -0.2) is 16.1 Å². The molecule has 5 heteroatoms. The molecule has 2 rings (SSSR count). The normalized spacial score (nSPS) is 11.0. The molecule has 17 heavy (non-hydrogen) atoms. The van der Waals surface area contributed by atoms with Crippen molar-refractivity contribution in [2.75, 3.05) is 6.54 Å². The molecule has 2 aromatic rings. The molecule has 0 saturated heterocycles. The summed E-state index contributed by atoms with van der Waals surface area (Å²) in [5.41, 5.74) is 2.30. The number of hydrogen-bond acceptors (Lipinski definition) is 3. The van der Waals surface area contributed by atoms with Crippen molar-refractivity contribution < 1.29 is 4.42 Å². The number of furan rings is 1. The van der Waals surface area contributed by atoms with E-state index < -0.39 is 0 Å². The molecule has 0 spiro atoms. The van der Waals surface area contributed by atoms with Crippen molar-refractivity contribution in [3.63, 3.8) is 0 Å². The van der Waals surface area contributed by atoms with Gasteiger partial charge in [-0.05, 0) is 37.6 Å². The maximum atomic E-state index is 5.69. The minimum atomic E-state index is 0.433. The fourth-order valence-electron chi connectivity index (χ4n) is 1.63. The summed E-state index contributed by atoms with van der Waals surface area (Å²) >= 11 is 5.69. The number of aromatic nitrogens is 2. The van der Waals surface area contributed by atoms with Gasteiger partial charge < -0.3 is 14.3 Å². The van der Waals surface area contributed by atoms with Gasteiger partial charge in [0.15, 0.2) is 5.22 Å². The highest BCUT2D eigenvalue weighted by molar-refractivity contribution is 6.28. The summed E-state index contributed by atoms with van der Waals surface area (Å²) in [4.78, 5) is 4.26. The Balaban J connectivity index is 1.75. The van der Waals surface area contributed by atoms with Crippen LogP contribution in [-0.2, 0) is 13.1 Å². The van der Waals surface area contributed by atoms with Gasteiger partial charge >= 0.3 is 0 Å². The van der Waals surface area contributed by atoms with E-state index in [2.05, 4.69) is 21.8 Å². The van der Waals surface area contributed by atoms with Crippen LogP contribution in [0, 0.1) is 13.8 Å². The molecule has 0 saturated carbocycles. The van der Waals surface area contributed by atoms with Crippen LogP contribution in [0.2, 0.25) is 5.22 Å². The maximum Gasteiger partial charge on any atom is 0.193 e. The van der Waals surface area contributed by atoms with Crippen LogP contribution < -0.4 is 5.32 Å². The zero-order chi connectivity index (χ0) is 12.3. The number of imidazole rings is 1. The van der Waals surface area contributed by atoms with Gasteiger partial charge in [-0.15, -0.1) is 0 Å². The van der Waals surface area contributed by atoms with Gasteiger partial charge in [0.2, 0.25) is 0 Å². The Bertz CT molecular complexity index is 490. The van der Waals surface area contributed by atoms with Crippen LogP contribution in [0.25, 0.3) is 0 Å². The summed E-state index contributed by atoms with van der Waals surface area (Å²) in [5.74, 6) is 0.855. The van der Waals surface area contributed by atoms with E-state index in [4.69, 9.17) is 16.0 Å². The third-order valence-electron chi connectivity index (χ3n) is 2.80. The summed E-state index contributed by atoms with van der Waals surface area (Å²) in [7, 11) is 0. The van der Waals surface area contributed by atoms with E-state index in [-0.39, 0.29) is 0 Å². The quantitative estimate of drug-likeness (QED) is 0.833. The number of nitrogens with one attached hydrogen (secondary N) is 1. The van der Waals surface area contributed by atoms with Crippen molar-refractivity contribution in [3.05, 3.63) is 40.8 Å². The van der Waals surface area contributed by atoms with E-state index in [0.29, 0.717) is 11.8 Å². The summed E-state index contributed by atoms with van der Waals surface area (Å²) in [5, 5.41) is 3.73. The van der Waals surface area contributed by atoms with Gasteiger partial charge in [0.1, 0.15) is 5.76 Å². The molecule has 0 aliphatic heterocycles. The van der Waals surface area contributed by atoms with E-state index in [1.165, 1.54) is 5.69 Å². The zero-order valence-electron chi connectivity index (χ0n) is 10.0. The molecule has 0 fully saturated rings. The second kappa shape index (κ2) is 5.38. The summed E-state index contributed by atoms with van der Waals surface area (Å²) < 4.78 is 7.38. The minimum absolute atomic E-state index is 0.433. The van der Waals surface area contributed by atoms with Crippen molar-refractivity contribution in [1.82, 2.24) is 14.9 Å². The average molecular weight is 254 g/mol. The fraction of sp³-hybridized carbons (Fsp3) is 0.417. The van der Waals surface area contributed by atoms with Crippen LogP contribution in [0.15, 0.2) is 22.9 Å². The number of hydrogen-bond donors (Lipinski definition) is 1. The van der Waals surface area contributed by atoms with Crippen LogP contribution in [0.1, 0.15) is 17.1 Å². The lowest BCUT2D eigenvalue weighted by molar-refractivity contribution is 0.476. The van der Waals surface area contributed by atoms with Gasteiger partial charge in [-0.25, -0.2) is 4.98 Å². The van der Waals surface area contributed by atoms with Crippen LogP contribution in [0.4, 0.5) is 0 Å². The van der Waals surface area contributed by atoms with E-state index in [0.717, 1.165) is 24.5 Å². The highest BCUT2D eigenvalue weighted by Gasteiger charge is 2.02. The summed E-state index contributed by atoms with van der Waals surface area (Å²) in [6.45, 7) is 6.56. The van der Waals surface area contributed by atoms with Crippen molar-refractivity contribution >= 4 is 11.6 Å². The highest BCUT2D eigenvalue weighted by atomic mass is 35.5. The fourth-order valence-corrected chi connectivity index (χ4v) is 1.79. The van der Waals surface area contributed by atoms with E-state index >= 15 is 0 Å². The SMILES string of the molecule is Cc1ncn(CCNCc2ccc(Cl)o2)c1C. The molecular formula is C12H16ClN3O. The van der Waals surface area contributed by atoms with Gasteiger partial charge in [0.05, 0.1) is 18.6 Å². The smallest absolute Gasteiger partial charge is 0.193 e.